The molecule has 0 radical (unpaired) electrons. The molecule has 1 saturated heterocycles. The average Bonchev–Trinajstić information content (AvgIpc) is 2.70. The van der Waals surface area contributed by atoms with Crippen molar-refractivity contribution in [1.82, 2.24) is 4.31 Å². The lowest BCUT2D eigenvalue weighted by atomic mass is 10.0. The zero-order valence-corrected chi connectivity index (χ0v) is 15.7. The van der Waals surface area contributed by atoms with Crippen LogP contribution in [0.3, 0.4) is 0 Å². The van der Waals surface area contributed by atoms with E-state index in [1.807, 2.05) is 30.3 Å². The van der Waals surface area contributed by atoms with Crippen molar-refractivity contribution in [2.45, 2.75) is 18.1 Å². The van der Waals surface area contributed by atoms with E-state index in [1.165, 1.54) is 28.6 Å². The van der Waals surface area contributed by atoms with Gasteiger partial charge in [0.2, 0.25) is 10.0 Å². The first kappa shape index (κ1) is 19.7. The Balaban J connectivity index is 1.87. The van der Waals surface area contributed by atoms with Gasteiger partial charge in [0.25, 0.3) is 0 Å². The number of Topliss-reactive ketones (excluding diaryl/α,β-unsaturated/α-hetero) is 1. The second-order valence-electron chi connectivity index (χ2n) is 6.44. The zero-order valence-electron chi connectivity index (χ0n) is 14.9. The molecule has 5 nitrogen and oxygen atoms in total. The summed E-state index contributed by atoms with van der Waals surface area (Å²) < 4.78 is 46.1. The number of hydrogen-bond acceptors (Lipinski definition) is 4. The molecule has 144 valence electrons. The highest BCUT2D eigenvalue weighted by molar-refractivity contribution is 7.90. The second kappa shape index (κ2) is 8.73. The maximum absolute atomic E-state index is 13.2. The SMILES string of the molecule is O=C(c1ccc(F)cc1)C(CCc1ccccc1)S(=O)(=O)N1CCOCC1. The van der Waals surface area contributed by atoms with Crippen molar-refractivity contribution >= 4 is 15.8 Å². The van der Waals surface area contributed by atoms with Crippen molar-refractivity contribution in [3.05, 3.63) is 71.5 Å². The van der Waals surface area contributed by atoms with E-state index in [4.69, 9.17) is 4.74 Å². The van der Waals surface area contributed by atoms with Gasteiger partial charge in [0.1, 0.15) is 11.1 Å². The molecule has 0 N–H and O–H groups in total. The molecule has 7 heteroatoms. The average molecular weight is 391 g/mol. The van der Waals surface area contributed by atoms with Crippen LogP contribution < -0.4 is 0 Å². The molecule has 2 aromatic rings. The van der Waals surface area contributed by atoms with Crippen LogP contribution in [0.2, 0.25) is 0 Å². The largest absolute Gasteiger partial charge is 0.379 e. The summed E-state index contributed by atoms with van der Waals surface area (Å²) in [6, 6.07) is 14.5. The van der Waals surface area contributed by atoms with Crippen LogP contribution in [0.25, 0.3) is 0 Å². The molecule has 0 aliphatic carbocycles. The fourth-order valence-corrected chi connectivity index (χ4v) is 4.98. The van der Waals surface area contributed by atoms with Crippen molar-refractivity contribution in [3.8, 4) is 0 Å². The van der Waals surface area contributed by atoms with Crippen molar-refractivity contribution in [2.24, 2.45) is 0 Å². The minimum Gasteiger partial charge on any atom is -0.379 e. The third-order valence-corrected chi connectivity index (χ3v) is 6.90. The lowest BCUT2D eigenvalue weighted by Gasteiger charge is -2.29. The van der Waals surface area contributed by atoms with Crippen LogP contribution >= 0.6 is 0 Å². The Morgan fingerprint density at radius 1 is 1.04 bits per heavy atom. The van der Waals surface area contributed by atoms with Crippen LogP contribution in [-0.4, -0.2) is 50.1 Å². The summed E-state index contributed by atoms with van der Waals surface area (Å²) in [5.41, 5.74) is 1.16. The standard InChI is InChI=1S/C20H22FNO4S/c21-18-9-7-17(8-10-18)20(23)19(11-6-16-4-2-1-3-5-16)27(24,25)22-12-14-26-15-13-22/h1-5,7-10,19H,6,11-15H2. The van der Waals surface area contributed by atoms with Crippen LogP contribution in [0.1, 0.15) is 22.3 Å². The number of ether oxygens (including phenoxy) is 1. The maximum atomic E-state index is 13.2. The van der Waals surface area contributed by atoms with Gasteiger partial charge in [-0.3, -0.25) is 4.79 Å². The number of morpholine rings is 1. The number of nitrogens with zero attached hydrogens (tertiary/aromatic N) is 1. The highest BCUT2D eigenvalue weighted by Gasteiger charge is 2.38. The third kappa shape index (κ3) is 4.80. The lowest BCUT2D eigenvalue weighted by Crippen LogP contribution is -2.47. The van der Waals surface area contributed by atoms with Gasteiger partial charge in [0.15, 0.2) is 5.78 Å². The number of sulfonamides is 1. The number of carbonyl (C=O) groups is 1. The molecule has 27 heavy (non-hydrogen) atoms. The molecule has 0 bridgehead atoms. The van der Waals surface area contributed by atoms with E-state index in [0.29, 0.717) is 19.6 Å². The van der Waals surface area contributed by atoms with E-state index >= 15 is 0 Å². The van der Waals surface area contributed by atoms with E-state index in [9.17, 15) is 17.6 Å². The van der Waals surface area contributed by atoms with E-state index in [1.54, 1.807) is 0 Å². The summed E-state index contributed by atoms with van der Waals surface area (Å²) >= 11 is 0. The number of ketones is 1. The second-order valence-corrected chi connectivity index (χ2v) is 8.56. The molecule has 1 atom stereocenters. The van der Waals surface area contributed by atoms with Gasteiger partial charge in [-0.15, -0.1) is 0 Å². The van der Waals surface area contributed by atoms with Gasteiger partial charge >= 0.3 is 0 Å². The smallest absolute Gasteiger partial charge is 0.224 e. The summed E-state index contributed by atoms with van der Waals surface area (Å²) in [6.07, 6.45) is 0.627. The topological polar surface area (TPSA) is 63.7 Å². The molecule has 0 saturated carbocycles. The highest BCUT2D eigenvalue weighted by atomic mass is 32.2. The molecule has 3 rings (SSSR count). The Bertz CT molecular complexity index is 863. The molecule has 1 heterocycles. The van der Waals surface area contributed by atoms with Gasteiger partial charge in [-0.25, -0.2) is 12.8 Å². The Morgan fingerprint density at radius 2 is 1.67 bits per heavy atom. The fraction of sp³-hybridized carbons (Fsp3) is 0.350. The molecular weight excluding hydrogens is 369 g/mol. The van der Waals surface area contributed by atoms with Crippen LogP contribution in [0.5, 0.6) is 0 Å². The number of halogens is 1. The Morgan fingerprint density at radius 3 is 2.30 bits per heavy atom. The summed E-state index contributed by atoms with van der Waals surface area (Å²) in [4.78, 5) is 13.0. The number of rotatable bonds is 7. The highest BCUT2D eigenvalue weighted by Crippen LogP contribution is 2.21. The summed E-state index contributed by atoms with van der Waals surface area (Å²) in [5, 5.41) is -1.21. The molecular formula is C20H22FNO4S. The van der Waals surface area contributed by atoms with E-state index in [0.717, 1.165) is 5.56 Å². The number of carbonyl (C=O) groups excluding carboxylic acids is 1. The maximum Gasteiger partial charge on any atom is 0.224 e. The molecule has 1 fully saturated rings. The monoisotopic (exact) mass is 391 g/mol. The summed E-state index contributed by atoms with van der Waals surface area (Å²) in [7, 11) is -3.84. The first-order chi connectivity index (χ1) is 13.0. The lowest BCUT2D eigenvalue weighted by molar-refractivity contribution is 0.0720. The van der Waals surface area contributed by atoms with Crippen LogP contribution in [0, 0.1) is 5.82 Å². The quantitative estimate of drug-likeness (QED) is 0.681. The molecule has 1 unspecified atom stereocenters. The van der Waals surface area contributed by atoms with Crippen LogP contribution in [0.4, 0.5) is 4.39 Å². The van der Waals surface area contributed by atoms with E-state index in [2.05, 4.69) is 0 Å². The van der Waals surface area contributed by atoms with Crippen molar-refractivity contribution in [1.29, 1.82) is 0 Å². The third-order valence-electron chi connectivity index (χ3n) is 4.65. The minimum atomic E-state index is -3.84. The van der Waals surface area contributed by atoms with Gasteiger partial charge in [0.05, 0.1) is 13.2 Å². The molecule has 1 aliphatic heterocycles. The number of hydrogen-bond donors (Lipinski definition) is 0. The minimum absolute atomic E-state index is 0.167. The van der Waals surface area contributed by atoms with Gasteiger partial charge in [0, 0.05) is 18.7 Å². The molecule has 0 spiro atoms. The van der Waals surface area contributed by atoms with Gasteiger partial charge in [-0.05, 0) is 42.7 Å². The first-order valence-electron chi connectivity index (χ1n) is 8.89. The number of aryl methyl sites for hydroxylation is 1. The summed E-state index contributed by atoms with van der Waals surface area (Å²) in [5.74, 6) is -0.971. The Hall–Kier alpha value is -2.09. The molecule has 0 amide bonds. The first-order valence-corrected chi connectivity index (χ1v) is 10.4. The molecule has 0 aromatic heterocycles. The predicted octanol–water partition coefficient (Wildman–Crippen LogP) is 2.67. The number of benzene rings is 2. The van der Waals surface area contributed by atoms with Crippen molar-refractivity contribution < 1.29 is 22.3 Å². The van der Waals surface area contributed by atoms with Crippen LogP contribution in [0.15, 0.2) is 54.6 Å². The van der Waals surface area contributed by atoms with Gasteiger partial charge in [-0.2, -0.15) is 4.31 Å². The zero-order chi connectivity index (χ0) is 19.3. The van der Waals surface area contributed by atoms with Crippen molar-refractivity contribution in [2.75, 3.05) is 26.3 Å². The fourth-order valence-electron chi connectivity index (χ4n) is 3.14. The normalized spacial score (nSPS) is 16.8. The molecule has 2 aromatic carbocycles. The van der Waals surface area contributed by atoms with E-state index in [-0.39, 0.29) is 25.1 Å². The van der Waals surface area contributed by atoms with E-state index < -0.39 is 26.9 Å². The van der Waals surface area contributed by atoms with Crippen LogP contribution in [-0.2, 0) is 21.2 Å². The van der Waals surface area contributed by atoms with Crippen molar-refractivity contribution in [3.63, 3.8) is 0 Å². The predicted molar refractivity (Wildman–Crippen MR) is 101 cm³/mol. The molecule has 1 aliphatic rings. The summed E-state index contributed by atoms with van der Waals surface area (Å²) in [6.45, 7) is 1.10. The Kier molecular flexibility index (Phi) is 6.36. The van der Waals surface area contributed by atoms with Gasteiger partial charge in [-0.1, -0.05) is 30.3 Å². The van der Waals surface area contributed by atoms with Gasteiger partial charge < -0.3 is 4.74 Å². The Labute approximate surface area is 158 Å².